The van der Waals surface area contributed by atoms with Gasteiger partial charge in [0.2, 0.25) is 10.0 Å². The maximum atomic E-state index is 12.2. The molecule has 7 nitrogen and oxygen atoms in total. The summed E-state index contributed by atoms with van der Waals surface area (Å²) < 4.78 is 26.5. The summed E-state index contributed by atoms with van der Waals surface area (Å²) in [6.45, 7) is 2.85. The first kappa shape index (κ1) is 16.2. The molecule has 1 aliphatic heterocycles. The third kappa shape index (κ3) is 3.82. The molecule has 23 heavy (non-hydrogen) atoms. The Labute approximate surface area is 135 Å². The summed E-state index contributed by atoms with van der Waals surface area (Å²) in [5, 5.41) is 0. The fourth-order valence-electron chi connectivity index (χ4n) is 3.23. The van der Waals surface area contributed by atoms with E-state index >= 15 is 0 Å². The molecule has 0 amide bonds. The van der Waals surface area contributed by atoms with Gasteiger partial charge in [0.05, 0.1) is 17.3 Å². The van der Waals surface area contributed by atoms with E-state index in [1.807, 2.05) is 28.8 Å². The van der Waals surface area contributed by atoms with Gasteiger partial charge in [0.1, 0.15) is 0 Å². The molecule has 1 aliphatic rings. The summed E-state index contributed by atoms with van der Waals surface area (Å²) in [5.74, 6) is 0. The van der Waals surface area contributed by atoms with Crippen molar-refractivity contribution in [2.45, 2.75) is 18.9 Å². The van der Waals surface area contributed by atoms with Crippen molar-refractivity contribution in [3.05, 3.63) is 34.7 Å². The molecule has 8 heteroatoms. The van der Waals surface area contributed by atoms with Crippen LogP contribution >= 0.6 is 0 Å². The lowest BCUT2D eigenvalue weighted by molar-refractivity contribution is 0.190. The van der Waals surface area contributed by atoms with Gasteiger partial charge in [-0.05, 0) is 25.0 Å². The van der Waals surface area contributed by atoms with E-state index in [1.54, 1.807) is 0 Å². The quantitative estimate of drug-likeness (QED) is 0.832. The van der Waals surface area contributed by atoms with Crippen molar-refractivity contribution in [3.63, 3.8) is 0 Å². The van der Waals surface area contributed by atoms with E-state index in [4.69, 9.17) is 0 Å². The molecule has 126 valence electrons. The van der Waals surface area contributed by atoms with E-state index in [-0.39, 0.29) is 11.7 Å². The monoisotopic (exact) mass is 338 g/mol. The highest BCUT2D eigenvalue weighted by molar-refractivity contribution is 7.88. The second-order valence-corrected chi connectivity index (χ2v) is 7.89. The molecule has 2 N–H and O–H groups in total. The van der Waals surface area contributed by atoms with Crippen LogP contribution in [0.4, 0.5) is 0 Å². The van der Waals surface area contributed by atoms with Crippen LogP contribution in [0.5, 0.6) is 0 Å². The van der Waals surface area contributed by atoms with Crippen LogP contribution in [0.1, 0.15) is 18.9 Å². The number of likely N-dealkylation sites (tertiary alicyclic amines) is 1. The van der Waals surface area contributed by atoms with Gasteiger partial charge in [0, 0.05) is 32.2 Å². The molecule has 1 saturated heterocycles. The molecule has 0 unspecified atom stereocenters. The van der Waals surface area contributed by atoms with Gasteiger partial charge in [-0.2, -0.15) is 0 Å². The van der Waals surface area contributed by atoms with Crippen molar-refractivity contribution in [1.82, 2.24) is 19.2 Å². The third-order valence-electron chi connectivity index (χ3n) is 4.34. The van der Waals surface area contributed by atoms with Crippen molar-refractivity contribution in [3.8, 4) is 0 Å². The number of imidazole rings is 1. The predicted molar refractivity (Wildman–Crippen MR) is 90.1 cm³/mol. The summed E-state index contributed by atoms with van der Waals surface area (Å²) in [7, 11) is -3.13. The summed E-state index contributed by atoms with van der Waals surface area (Å²) in [4.78, 5) is 17.4. The predicted octanol–water partition coefficient (Wildman–Crippen LogP) is 0.516. The lowest BCUT2D eigenvalue weighted by atomic mass is 10.0. The standard InChI is InChI=1S/C15H22N4O3S/c1-23(21,22)16-8-11-18-9-6-12(7-10-18)19-14-5-3-2-4-13(14)17-15(19)20/h2-5,12,16H,6-11H2,1H3,(H,17,20). The number of rotatable bonds is 5. The Morgan fingerprint density at radius 3 is 2.65 bits per heavy atom. The largest absolute Gasteiger partial charge is 0.326 e. The summed E-state index contributed by atoms with van der Waals surface area (Å²) in [5.41, 5.74) is 1.77. The molecule has 0 aliphatic carbocycles. The van der Waals surface area contributed by atoms with Crippen LogP contribution in [0.2, 0.25) is 0 Å². The number of hydrogen-bond acceptors (Lipinski definition) is 4. The molecule has 2 heterocycles. The molecule has 0 saturated carbocycles. The zero-order valence-corrected chi connectivity index (χ0v) is 14.0. The molecule has 0 atom stereocenters. The first-order valence-electron chi connectivity index (χ1n) is 7.80. The molecule has 2 aromatic rings. The number of aromatic nitrogens is 2. The molecule has 1 aromatic heterocycles. The number of piperidine rings is 1. The fourth-order valence-corrected chi connectivity index (χ4v) is 3.69. The zero-order chi connectivity index (χ0) is 16.4. The number of para-hydroxylation sites is 2. The Balaban J connectivity index is 1.62. The SMILES string of the molecule is CS(=O)(=O)NCCN1CCC(n2c(=O)[nH]c3ccccc32)CC1. The van der Waals surface area contributed by atoms with Crippen LogP contribution in [0, 0.1) is 0 Å². The number of nitrogens with one attached hydrogen (secondary N) is 2. The Morgan fingerprint density at radius 1 is 1.26 bits per heavy atom. The lowest BCUT2D eigenvalue weighted by Crippen LogP contribution is -2.40. The Kier molecular flexibility index (Phi) is 4.56. The van der Waals surface area contributed by atoms with E-state index in [1.165, 1.54) is 6.26 Å². The molecule has 0 bridgehead atoms. The number of hydrogen-bond donors (Lipinski definition) is 2. The van der Waals surface area contributed by atoms with Gasteiger partial charge in [-0.25, -0.2) is 17.9 Å². The maximum Gasteiger partial charge on any atom is 0.326 e. The van der Waals surface area contributed by atoms with Crippen LogP contribution in [0.3, 0.4) is 0 Å². The Hall–Kier alpha value is -1.64. The van der Waals surface area contributed by atoms with E-state index in [0.717, 1.165) is 37.0 Å². The molecular formula is C15H22N4O3S. The number of H-pyrrole nitrogens is 1. The second kappa shape index (κ2) is 6.46. The first-order valence-corrected chi connectivity index (χ1v) is 9.69. The minimum Gasteiger partial charge on any atom is -0.306 e. The lowest BCUT2D eigenvalue weighted by Gasteiger charge is -2.32. The summed E-state index contributed by atoms with van der Waals surface area (Å²) in [6.07, 6.45) is 2.95. The number of aromatic amines is 1. The van der Waals surface area contributed by atoms with Gasteiger partial charge in [0.25, 0.3) is 0 Å². The van der Waals surface area contributed by atoms with Crippen LogP contribution in [-0.2, 0) is 10.0 Å². The highest BCUT2D eigenvalue weighted by Gasteiger charge is 2.23. The van der Waals surface area contributed by atoms with E-state index in [2.05, 4.69) is 14.6 Å². The number of fused-ring (bicyclic) bond motifs is 1. The van der Waals surface area contributed by atoms with Crippen molar-refractivity contribution >= 4 is 21.1 Å². The van der Waals surface area contributed by atoms with Gasteiger partial charge >= 0.3 is 5.69 Å². The molecule has 0 radical (unpaired) electrons. The van der Waals surface area contributed by atoms with Crippen LogP contribution in [0.25, 0.3) is 11.0 Å². The third-order valence-corrected chi connectivity index (χ3v) is 5.07. The highest BCUT2D eigenvalue weighted by atomic mass is 32.2. The van der Waals surface area contributed by atoms with Gasteiger partial charge in [-0.1, -0.05) is 12.1 Å². The van der Waals surface area contributed by atoms with Gasteiger partial charge in [-0.15, -0.1) is 0 Å². The topological polar surface area (TPSA) is 87.2 Å². The van der Waals surface area contributed by atoms with Crippen LogP contribution in [-0.4, -0.2) is 55.3 Å². The maximum absolute atomic E-state index is 12.2. The number of nitrogens with zero attached hydrogens (tertiary/aromatic N) is 2. The fraction of sp³-hybridized carbons (Fsp3) is 0.533. The normalized spacial score (nSPS) is 17.8. The molecule has 1 aromatic carbocycles. The minimum absolute atomic E-state index is 0.0524. The Morgan fingerprint density at radius 2 is 1.96 bits per heavy atom. The van der Waals surface area contributed by atoms with Gasteiger partial charge < -0.3 is 9.88 Å². The molecule has 0 spiro atoms. The zero-order valence-electron chi connectivity index (χ0n) is 13.2. The molecule has 1 fully saturated rings. The van der Waals surface area contributed by atoms with Crippen molar-refractivity contribution < 1.29 is 8.42 Å². The second-order valence-electron chi connectivity index (χ2n) is 6.06. The number of sulfonamides is 1. The highest BCUT2D eigenvalue weighted by Crippen LogP contribution is 2.24. The Bertz CT molecular complexity index is 832. The smallest absolute Gasteiger partial charge is 0.306 e. The summed E-state index contributed by atoms with van der Waals surface area (Å²) in [6, 6.07) is 7.94. The van der Waals surface area contributed by atoms with Crippen molar-refractivity contribution in [2.75, 3.05) is 32.4 Å². The minimum atomic E-state index is -3.13. The van der Waals surface area contributed by atoms with Crippen molar-refractivity contribution in [2.24, 2.45) is 0 Å². The average molecular weight is 338 g/mol. The van der Waals surface area contributed by atoms with E-state index in [9.17, 15) is 13.2 Å². The molecular weight excluding hydrogens is 316 g/mol. The van der Waals surface area contributed by atoms with Gasteiger partial charge in [-0.3, -0.25) is 4.57 Å². The van der Waals surface area contributed by atoms with Gasteiger partial charge in [0.15, 0.2) is 0 Å². The van der Waals surface area contributed by atoms with E-state index in [0.29, 0.717) is 13.1 Å². The number of benzene rings is 1. The first-order chi connectivity index (χ1) is 10.9. The summed E-state index contributed by atoms with van der Waals surface area (Å²) >= 11 is 0. The molecule has 3 rings (SSSR count). The van der Waals surface area contributed by atoms with Crippen LogP contribution < -0.4 is 10.4 Å². The van der Waals surface area contributed by atoms with Crippen molar-refractivity contribution in [1.29, 1.82) is 0 Å². The van der Waals surface area contributed by atoms with Crippen LogP contribution in [0.15, 0.2) is 29.1 Å². The average Bonchev–Trinajstić information content (AvgIpc) is 2.83. The van der Waals surface area contributed by atoms with E-state index < -0.39 is 10.0 Å².